The molecule has 3 rings (SSSR count). The number of carboxylic acid groups (broad SMARTS) is 1. The summed E-state index contributed by atoms with van der Waals surface area (Å²) in [6, 6.07) is 8.49. The van der Waals surface area contributed by atoms with E-state index < -0.39 is 41.6 Å². The van der Waals surface area contributed by atoms with Crippen LogP contribution in [0.25, 0.3) is 10.8 Å². The summed E-state index contributed by atoms with van der Waals surface area (Å²) in [6.45, 7) is 1.14. The number of halogens is 3. The molecular formula is C21H17F3N2O6. The van der Waals surface area contributed by atoms with Gasteiger partial charge in [0.15, 0.2) is 11.4 Å². The Morgan fingerprint density at radius 2 is 1.81 bits per heavy atom. The van der Waals surface area contributed by atoms with Crippen LogP contribution < -0.4 is 14.8 Å². The molecule has 0 atom stereocenters. The van der Waals surface area contributed by atoms with Gasteiger partial charge in [0.1, 0.15) is 18.0 Å². The molecule has 0 saturated heterocycles. The van der Waals surface area contributed by atoms with Crippen molar-refractivity contribution in [1.82, 2.24) is 10.3 Å². The lowest BCUT2D eigenvalue weighted by Crippen LogP contribution is -2.30. The van der Waals surface area contributed by atoms with Crippen molar-refractivity contribution in [3.05, 3.63) is 53.7 Å². The lowest BCUT2D eigenvalue weighted by molar-refractivity contribution is -0.138. The second kappa shape index (κ2) is 9.00. The normalized spacial score (nSPS) is 11.2. The Labute approximate surface area is 179 Å². The number of carboxylic acids is 1. The van der Waals surface area contributed by atoms with Gasteiger partial charge in [-0.1, -0.05) is 6.07 Å². The minimum absolute atomic E-state index is 0.0460. The van der Waals surface area contributed by atoms with Crippen molar-refractivity contribution in [1.29, 1.82) is 0 Å². The fourth-order valence-corrected chi connectivity index (χ4v) is 2.83. The van der Waals surface area contributed by atoms with Crippen LogP contribution in [0.3, 0.4) is 0 Å². The molecule has 1 heterocycles. The SMILES string of the molecule is CCOc1nc(C(=O)NCC(=O)O)c(O)c2ccc(Oc3cccc(C(F)(F)F)c3)cc12. The summed E-state index contributed by atoms with van der Waals surface area (Å²) < 4.78 is 49.7. The Bertz CT molecular complexity index is 1180. The minimum Gasteiger partial charge on any atom is -0.505 e. The molecule has 0 radical (unpaired) electrons. The standard InChI is InChI=1S/C21H17F3N2O6/c1-2-31-20-15-9-13(32-12-5-3-4-11(8-12)21(22,23)24)6-7-14(15)18(29)17(26-20)19(30)25-10-16(27)28/h3-9,29H,2,10H2,1H3,(H,25,30)(H,27,28). The highest BCUT2D eigenvalue weighted by Crippen LogP contribution is 2.38. The molecule has 2 aromatic carbocycles. The van der Waals surface area contributed by atoms with Gasteiger partial charge in [0.05, 0.1) is 17.6 Å². The average Bonchev–Trinajstić information content (AvgIpc) is 2.73. The van der Waals surface area contributed by atoms with Crippen molar-refractivity contribution in [2.75, 3.05) is 13.2 Å². The fourth-order valence-electron chi connectivity index (χ4n) is 2.83. The van der Waals surface area contributed by atoms with Crippen LogP contribution >= 0.6 is 0 Å². The van der Waals surface area contributed by atoms with Gasteiger partial charge in [-0.25, -0.2) is 4.98 Å². The van der Waals surface area contributed by atoms with E-state index in [1.807, 2.05) is 0 Å². The van der Waals surface area contributed by atoms with Crippen molar-refractivity contribution < 1.29 is 42.4 Å². The molecule has 0 aliphatic heterocycles. The Morgan fingerprint density at radius 3 is 2.47 bits per heavy atom. The lowest BCUT2D eigenvalue weighted by atomic mass is 10.1. The number of amides is 1. The number of pyridine rings is 1. The number of rotatable bonds is 7. The average molecular weight is 450 g/mol. The molecule has 3 N–H and O–H groups in total. The summed E-state index contributed by atoms with van der Waals surface area (Å²) in [6.07, 6.45) is -4.53. The number of nitrogens with zero attached hydrogens (tertiary/aromatic N) is 1. The number of hydrogen-bond donors (Lipinski definition) is 3. The quantitative estimate of drug-likeness (QED) is 0.499. The lowest BCUT2D eigenvalue weighted by Gasteiger charge is -2.14. The third kappa shape index (κ3) is 4.99. The highest BCUT2D eigenvalue weighted by Gasteiger charge is 2.30. The molecule has 11 heteroatoms. The number of fused-ring (bicyclic) bond motifs is 1. The van der Waals surface area contributed by atoms with Crippen molar-refractivity contribution in [2.24, 2.45) is 0 Å². The second-order valence-corrected chi connectivity index (χ2v) is 6.46. The number of nitrogens with one attached hydrogen (secondary N) is 1. The second-order valence-electron chi connectivity index (χ2n) is 6.46. The van der Waals surface area contributed by atoms with Gasteiger partial charge in [-0.2, -0.15) is 13.2 Å². The van der Waals surface area contributed by atoms with E-state index in [-0.39, 0.29) is 34.8 Å². The summed E-state index contributed by atoms with van der Waals surface area (Å²) in [7, 11) is 0. The molecular weight excluding hydrogens is 433 g/mol. The molecule has 8 nitrogen and oxygen atoms in total. The Morgan fingerprint density at radius 1 is 1.09 bits per heavy atom. The molecule has 0 saturated carbocycles. The van der Waals surface area contributed by atoms with Crippen molar-refractivity contribution >= 4 is 22.6 Å². The van der Waals surface area contributed by atoms with Crippen LogP contribution in [-0.4, -0.2) is 40.2 Å². The van der Waals surface area contributed by atoms with E-state index in [0.717, 1.165) is 12.1 Å². The van der Waals surface area contributed by atoms with E-state index in [2.05, 4.69) is 10.3 Å². The summed E-state index contributed by atoms with van der Waals surface area (Å²) in [5, 5.41) is 21.7. The monoisotopic (exact) mass is 450 g/mol. The summed E-state index contributed by atoms with van der Waals surface area (Å²) in [5.41, 5.74) is -1.31. The molecule has 0 fully saturated rings. The molecule has 0 spiro atoms. The van der Waals surface area contributed by atoms with E-state index in [1.165, 1.54) is 30.3 Å². The first-order valence-corrected chi connectivity index (χ1v) is 9.24. The first-order chi connectivity index (χ1) is 15.1. The van der Waals surface area contributed by atoms with E-state index >= 15 is 0 Å². The van der Waals surface area contributed by atoms with E-state index in [4.69, 9.17) is 14.6 Å². The molecule has 168 valence electrons. The Kier molecular flexibility index (Phi) is 6.37. The first kappa shape index (κ1) is 22.7. The molecule has 0 aliphatic rings. The number of aromatic hydroxyl groups is 1. The van der Waals surface area contributed by atoms with Crippen LogP contribution in [0.2, 0.25) is 0 Å². The molecule has 32 heavy (non-hydrogen) atoms. The highest BCUT2D eigenvalue weighted by atomic mass is 19.4. The first-order valence-electron chi connectivity index (χ1n) is 9.24. The highest BCUT2D eigenvalue weighted by molar-refractivity contribution is 6.04. The van der Waals surface area contributed by atoms with Gasteiger partial charge >= 0.3 is 12.1 Å². The predicted molar refractivity (Wildman–Crippen MR) is 106 cm³/mol. The van der Waals surface area contributed by atoms with Crippen LogP contribution in [0.15, 0.2) is 42.5 Å². The number of hydrogen-bond acceptors (Lipinski definition) is 6. The molecule has 0 aliphatic carbocycles. The smallest absolute Gasteiger partial charge is 0.416 e. The van der Waals surface area contributed by atoms with Crippen LogP contribution in [-0.2, 0) is 11.0 Å². The topological polar surface area (TPSA) is 118 Å². The van der Waals surface area contributed by atoms with Crippen LogP contribution in [0, 0.1) is 0 Å². The molecule has 0 unspecified atom stereocenters. The number of alkyl halides is 3. The maximum atomic E-state index is 12.9. The zero-order chi connectivity index (χ0) is 23.5. The van der Waals surface area contributed by atoms with Gasteiger partial charge in [-0.3, -0.25) is 9.59 Å². The molecule has 1 amide bonds. The van der Waals surface area contributed by atoms with Gasteiger partial charge < -0.3 is 25.0 Å². The van der Waals surface area contributed by atoms with Gasteiger partial charge in [0.2, 0.25) is 5.88 Å². The number of carbonyl (C=O) groups is 2. The van der Waals surface area contributed by atoms with Crippen molar-refractivity contribution in [3.63, 3.8) is 0 Å². The third-order valence-corrected chi connectivity index (χ3v) is 4.21. The summed E-state index contributed by atoms with van der Waals surface area (Å²) in [4.78, 5) is 26.9. The minimum atomic E-state index is -4.53. The van der Waals surface area contributed by atoms with Gasteiger partial charge in [-0.05, 0) is 43.3 Å². The summed E-state index contributed by atoms with van der Waals surface area (Å²) >= 11 is 0. The van der Waals surface area contributed by atoms with Gasteiger partial charge in [0, 0.05) is 5.39 Å². The van der Waals surface area contributed by atoms with E-state index in [0.29, 0.717) is 0 Å². The van der Waals surface area contributed by atoms with Crippen molar-refractivity contribution in [2.45, 2.75) is 13.1 Å². The zero-order valence-corrected chi connectivity index (χ0v) is 16.6. The Hall–Kier alpha value is -4.02. The third-order valence-electron chi connectivity index (χ3n) is 4.21. The number of aromatic nitrogens is 1. The maximum Gasteiger partial charge on any atom is 0.416 e. The van der Waals surface area contributed by atoms with Crippen LogP contribution in [0.5, 0.6) is 23.1 Å². The molecule has 0 bridgehead atoms. The maximum absolute atomic E-state index is 12.9. The van der Waals surface area contributed by atoms with Gasteiger partial charge in [-0.15, -0.1) is 0 Å². The number of carbonyl (C=O) groups excluding carboxylic acids is 1. The largest absolute Gasteiger partial charge is 0.505 e. The fraction of sp³-hybridized carbons (Fsp3) is 0.190. The van der Waals surface area contributed by atoms with Crippen LogP contribution in [0.4, 0.5) is 13.2 Å². The van der Waals surface area contributed by atoms with Crippen LogP contribution in [0.1, 0.15) is 23.0 Å². The summed E-state index contributed by atoms with van der Waals surface area (Å²) in [5.74, 6) is -2.68. The number of benzene rings is 2. The predicted octanol–water partition coefficient (Wildman–Crippen LogP) is 3.96. The van der Waals surface area contributed by atoms with E-state index in [9.17, 15) is 27.9 Å². The molecule has 1 aromatic heterocycles. The Balaban J connectivity index is 2.01. The number of aliphatic carboxylic acids is 1. The van der Waals surface area contributed by atoms with Gasteiger partial charge in [0.25, 0.3) is 5.91 Å². The van der Waals surface area contributed by atoms with Crippen molar-refractivity contribution in [3.8, 4) is 23.1 Å². The molecule has 3 aromatic rings. The van der Waals surface area contributed by atoms with E-state index in [1.54, 1.807) is 6.92 Å². The number of ether oxygens (including phenoxy) is 2. The zero-order valence-electron chi connectivity index (χ0n) is 16.6.